The van der Waals surface area contributed by atoms with Crippen LogP contribution < -0.4 is 10.0 Å². The first-order chi connectivity index (χ1) is 12.5. The van der Waals surface area contributed by atoms with Gasteiger partial charge < -0.3 is 5.32 Å². The van der Waals surface area contributed by atoms with Crippen LogP contribution in [0.25, 0.3) is 0 Å². The minimum Gasteiger partial charge on any atom is -0.319 e. The molecule has 0 aromatic heterocycles. The van der Waals surface area contributed by atoms with Gasteiger partial charge in [0.05, 0.1) is 10.6 Å². The lowest BCUT2D eigenvalue weighted by molar-refractivity contribution is 0.102. The summed E-state index contributed by atoms with van der Waals surface area (Å²) in [5.74, 6) is -1.25. The monoisotopic (exact) mass is 376 g/mol. The first-order valence-corrected chi connectivity index (χ1v) is 10.1. The first-order valence-electron chi connectivity index (χ1n) is 8.64. The number of sulfonamides is 1. The zero-order chi connectivity index (χ0) is 18.6. The molecular weight excluding hydrogens is 355 g/mol. The van der Waals surface area contributed by atoms with E-state index in [2.05, 4.69) is 10.0 Å². The molecule has 1 amide bonds. The van der Waals surface area contributed by atoms with Gasteiger partial charge >= 0.3 is 0 Å². The Kier molecular flexibility index (Phi) is 5.68. The van der Waals surface area contributed by atoms with Crippen molar-refractivity contribution in [1.29, 1.82) is 0 Å². The standard InChI is InChI=1S/C19H21FN2O3S/c20-17-13-16(26(24,25)22-15-9-5-2-6-10-15)11-12-18(17)21-19(23)14-7-3-1-4-8-14/h1,3-4,7-8,11-13,15,22H,2,5-6,9-10H2,(H,21,23). The molecule has 0 radical (unpaired) electrons. The van der Waals surface area contributed by atoms with Gasteiger partial charge in [-0.3, -0.25) is 4.79 Å². The number of hydrogen-bond donors (Lipinski definition) is 2. The number of carbonyl (C=O) groups excluding carboxylic acids is 1. The van der Waals surface area contributed by atoms with Crippen molar-refractivity contribution in [3.05, 3.63) is 59.9 Å². The molecule has 5 nitrogen and oxygen atoms in total. The Balaban J connectivity index is 1.73. The van der Waals surface area contributed by atoms with Crippen LogP contribution in [0.3, 0.4) is 0 Å². The van der Waals surface area contributed by atoms with Crippen LogP contribution in [0.4, 0.5) is 10.1 Å². The Morgan fingerprint density at radius 2 is 1.69 bits per heavy atom. The summed E-state index contributed by atoms with van der Waals surface area (Å²) < 4.78 is 41.9. The van der Waals surface area contributed by atoms with Crippen molar-refractivity contribution in [2.24, 2.45) is 0 Å². The lowest BCUT2D eigenvalue weighted by atomic mass is 9.96. The number of anilines is 1. The molecule has 0 saturated heterocycles. The van der Waals surface area contributed by atoms with Gasteiger partial charge in [0.2, 0.25) is 10.0 Å². The third-order valence-electron chi connectivity index (χ3n) is 4.46. The number of nitrogens with one attached hydrogen (secondary N) is 2. The van der Waals surface area contributed by atoms with Crippen molar-refractivity contribution in [2.75, 3.05) is 5.32 Å². The number of amides is 1. The largest absolute Gasteiger partial charge is 0.319 e. The van der Waals surface area contributed by atoms with Gasteiger partial charge in [0.15, 0.2) is 0 Å². The van der Waals surface area contributed by atoms with E-state index in [4.69, 9.17) is 0 Å². The number of halogens is 1. The highest BCUT2D eigenvalue weighted by molar-refractivity contribution is 7.89. The SMILES string of the molecule is O=C(Nc1ccc(S(=O)(=O)NC2CCCCC2)cc1F)c1ccccc1. The Bertz CT molecular complexity index is 879. The van der Waals surface area contributed by atoms with Crippen LogP contribution in [0, 0.1) is 5.82 Å². The average Bonchev–Trinajstić information content (AvgIpc) is 2.64. The summed E-state index contributed by atoms with van der Waals surface area (Å²) in [4.78, 5) is 12.0. The molecule has 3 rings (SSSR count). The van der Waals surface area contributed by atoms with Gasteiger partial charge in [-0.05, 0) is 43.2 Å². The van der Waals surface area contributed by atoms with Crippen LogP contribution in [0.1, 0.15) is 42.5 Å². The van der Waals surface area contributed by atoms with Crippen LogP contribution >= 0.6 is 0 Å². The molecule has 1 aliphatic carbocycles. The van der Waals surface area contributed by atoms with Crippen molar-refractivity contribution in [3.63, 3.8) is 0 Å². The Morgan fingerprint density at radius 3 is 2.35 bits per heavy atom. The summed E-state index contributed by atoms with van der Waals surface area (Å²) in [5, 5.41) is 2.46. The highest BCUT2D eigenvalue weighted by Crippen LogP contribution is 2.23. The molecule has 1 aliphatic rings. The second-order valence-electron chi connectivity index (χ2n) is 6.42. The third kappa shape index (κ3) is 4.47. The van der Waals surface area contributed by atoms with Crippen LogP contribution in [0.5, 0.6) is 0 Å². The van der Waals surface area contributed by atoms with E-state index < -0.39 is 21.7 Å². The van der Waals surface area contributed by atoms with Gasteiger partial charge in [-0.1, -0.05) is 37.5 Å². The molecule has 1 saturated carbocycles. The molecule has 2 N–H and O–H groups in total. The van der Waals surface area contributed by atoms with E-state index in [1.807, 2.05) is 0 Å². The topological polar surface area (TPSA) is 75.3 Å². The van der Waals surface area contributed by atoms with Gasteiger partial charge in [-0.15, -0.1) is 0 Å². The van der Waals surface area contributed by atoms with Crippen LogP contribution in [-0.4, -0.2) is 20.4 Å². The molecule has 7 heteroatoms. The van der Waals surface area contributed by atoms with E-state index in [1.54, 1.807) is 30.3 Å². The summed E-state index contributed by atoms with van der Waals surface area (Å²) in [7, 11) is -3.78. The lowest BCUT2D eigenvalue weighted by Gasteiger charge is -2.22. The molecule has 1 fully saturated rings. The minimum absolute atomic E-state index is 0.0598. The maximum Gasteiger partial charge on any atom is 0.255 e. The highest BCUT2D eigenvalue weighted by atomic mass is 32.2. The molecular formula is C19H21FN2O3S. The second kappa shape index (κ2) is 7.97. The van der Waals surface area contributed by atoms with E-state index >= 15 is 0 Å². The maximum atomic E-state index is 14.3. The molecule has 0 bridgehead atoms. The summed E-state index contributed by atoms with van der Waals surface area (Å²) >= 11 is 0. The number of hydrogen-bond acceptors (Lipinski definition) is 3. The minimum atomic E-state index is -3.78. The third-order valence-corrected chi connectivity index (χ3v) is 5.98. The molecule has 0 atom stereocenters. The van der Waals surface area contributed by atoms with E-state index in [1.165, 1.54) is 12.1 Å². The fourth-order valence-corrected chi connectivity index (χ4v) is 4.37. The summed E-state index contributed by atoms with van der Waals surface area (Å²) in [5.41, 5.74) is 0.332. The summed E-state index contributed by atoms with van der Waals surface area (Å²) in [6, 6.07) is 11.8. The van der Waals surface area contributed by atoms with Crippen LogP contribution in [0.15, 0.2) is 53.4 Å². The van der Waals surface area contributed by atoms with E-state index in [0.29, 0.717) is 5.56 Å². The van der Waals surface area contributed by atoms with Crippen molar-refractivity contribution in [3.8, 4) is 0 Å². The van der Waals surface area contributed by atoms with Crippen LogP contribution in [-0.2, 0) is 10.0 Å². The molecule has 138 valence electrons. The summed E-state index contributed by atoms with van der Waals surface area (Å²) in [6.45, 7) is 0. The number of rotatable bonds is 5. The van der Waals surface area contributed by atoms with E-state index in [0.717, 1.165) is 38.2 Å². The average molecular weight is 376 g/mol. The summed E-state index contributed by atoms with van der Waals surface area (Å²) in [6.07, 6.45) is 4.69. The quantitative estimate of drug-likeness (QED) is 0.836. The first kappa shape index (κ1) is 18.5. The van der Waals surface area contributed by atoms with Crippen molar-refractivity contribution >= 4 is 21.6 Å². The predicted molar refractivity (Wildman–Crippen MR) is 98.0 cm³/mol. The maximum absolute atomic E-state index is 14.3. The molecule has 2 aromatic carbocycles. The molecule has 0 aliphatic heterocycles. The van der Waals surface area contributed by atoms with Gasteiger partial charge in [0.25, 0.3) is 5.91 Å². The molecule has 26 heavy (non-hydrogen) atoms. The highest BCUT2D eigenvalue weighted by Gasteiger charge is 2.23. The number of benzene rings is 2. The van der Waals surface area contributed by atoms with Gasteiger partial charge in [-0.25, -0.2) is 17.5 Å². The lowest BCUT2D eigenvalue weighted by Crippen LogP contribution is -2.36. The molecule has 2 aromatic rings. The number of carbonyl (C=O) groups is 1. The zero-order valence-corrected chi connectivity index (χ0v) is 15.1. The fourth-order valence-electron chi connectivity index (χ4n) is 3.06. The Morgan fingerprint density at radius 1 is 1.00 bits per heavy atom. The van der Waals surface area contributed by atoms with E-state index in [-0.39, 0.29) is 16.6 Å². The smallest absolute Gasteiger partial charge is 0.255 e. The molecule has 0 spiro atoms. The van der Waals surface area contributed by atoms with Gasteiger partial charge in [0.1, 0.15) is 5.82 Å². The van der Waals surface area contributed by atoms with Crippen molar-refractivity contribution in [2.45, 2.75) is 43.0 Å². The van der Waals surface area contributed by atoms with Gasteiger partial charge in [0, 0.05) is 11.6 Å². The Hall–Kier alpha value is -2.25. The van der Waals surface area contributed by atoms with Crippen LogP contribution in [0.2, 0.25) is 0 Å². The molecule has 0 heterocycles. The van der Waals surface area contributed by atoms with Crippen molar-refractivity contribution in [1.82, 2.24) is 4.72 Å². The fraction of sp³-hybridized carbons (Fsp3) is 0.316. The predicted octanol–water partition coefficient (Wildman–Crippen LogP) is 3.69. The normalized spacial score (nSPS) is 15.6. The van der Waals surface area contributed by atoms with E-state index in [9.17, 15) is 17.6 Å². The zero-order valence-electron chi connectivity index (χ0n) is 14.2. The van der Waals surface area contributed by atoms with Crippen molar-refractivity contribution < 1.29 is 17.6 Å². The molecule has 0 unspecified atom stereocenters. The Labute approximate surface area is 152 Å². The van der Waals surface area contributed by atoms with Gasteiger partial charge in [-0.2, -0.15) is 0 Å². The second-order valence-corrected chi connectivity index (χ2v) is 8.13.